The zero-order chi connectivity index (χ0) is 20.5. The summed E-state index contributed by atoms with van der Waals surface area (Å²) >= 11 is 0. The van der Waals surface area contributed by atoms with E-state index >= 15 is 0 Å². The summed E-state index contributed by atoms with van der Waals surface area (Å²) in [6.45, 7) is 1.67. The Hall–Kier alpha value is -3.43. The summed E-state index contributed by atoms with van der Waals surface area (Å²) < 4.78 is 57.5. The predicted molar refractivity (Wildman–Crippen MR) is 91.6 cm³/mol. The van der Waals surface area contributed by atoms with Crippen molar-refractivity contribution in [2.24, 2.45) is 7.05 Å². The first-order chi connectivity index (χ1) is 13.1. The Morgan fingerprint density at radius 3 is 2.43 bits per heavy atom. The highest BCUT2D eigenvalue weighted by Crippen LogP contribution is 2.31. The molecular weight excluding hydrogens is 380 g/mol. The van der Waals surface area contributed by atoms with Gasteiger partial charge in [0.25, 0.3) is 5.91 Å². The number of hydrogen-bond donors (Lipinski definition) is 1. The van der Waals surface area contributed by atoms with Crippen LogP contribution in [-0.2, 0) is 13.2 Å². The lowest BCUT2D eigenvalue weighted by Crippen LogP contribution is -2.14. The maximum Gasteiger partial charge on any atom is 0.435 e. The Labute approximate surface area is 156 Å². The number of rotatable bonds is 4. The highest BCUT2D eigenvalue weighted by Gasteiger charge is 2.35. The van der Waals surface area contributed by atoms with Crippen LogP contribution in [0.1, 0.15) is 21.7 Å². The molecule has 0 saturated heterocycles. The number of anilines is 1. The molecule has 0 bridgehead atoms. The van der Waals surface area contributed by atoms with E-state index in [1.54, 1.807) is 6.92 Å². The SMILES string of the molecule is Cc1cc(Oc2cc(C(F)(F)F)nn2C)nc(C(=O)Nc2ccc(F)cc2)c1. The van der Waals surface area contributed by atoms with Gasteiger partial charge in [0.15, 0.2) is 5.69 Å². The van der Waals surface area contributed by atoms with Crippen molar-refractivity contribution >= 4 is 11.6 Å². The number of aryl methyl sites for hydroxylation is 2. The van der Waals surface area contributed by atoms with Crippen LogP contribution in [-0.4, -0.2) is 20.7 Å². The molecule has 2 heterocycles. The molecule has 0 spiro atoms. The van der Waals surface area contributed by atoms with Crippen LogP contribution in [0.5, 0.6) is 11.8 Å². The van der Waals surface area contributed by atoms with Gasteiger partial charge in [-0.2, -0.15) is 18.3 Å². The molecule has 0 unspecified atom stereocenters. The Kier molecular flexibility index (Phi) is 5.04. The minimum atomic E-state index is -4.61. The molecule has 0 aliphatic rings. The molecule has 10 heteroatoms. The molecule has 0 fully saturated rings. The van der Waals surface area contributed by atoms with E-state index in [-0.39, 0.29) is 17.5 Å². The van der Waals surface area contributed by atoms with Gasteiger partial charge in [-0.3, -0.25) is 4.79 Å². The third kappa shape index (κ3) is 4.45. The van der Waals surface area contributed by atoms with E-state index in [2.05, 4.69) is 15.4 Å². The fraction of sp³-hybridized carbons (Fsp3) is 0.167. The third-order valence-corrected chi connectivity index (χ3v) is 3.62. The van der Waals surface area contributed by atoms with Crippen LogP contribution in [0.3, 0.4) is 0 Å². The molecule has 1 N–H and O–H groups in total. The number of hydrogen-bond acceptors (Lipinski definition) is 4. The Balaban J connectivity index is 1.82. The molecule has 146 valence electrons. The van der Waals surface area contributed by atoms with Gasteiger partial charge in [0, 0.05) is 24.9 Å². The Morgan fingerprint density at radius 2 is 1.82 bits per heavy atom. The average molecular weight is 394 g/mol. The molecule has 0 saturated carbocycles. The van der Waals surface area contributed by atoms with Gasteiger partial charge in [0.2, 0.25) is 11.8 Å². The van der Waals surface area contributed by atoms with Crippen LogP contribution in [0.15, 0.2) is 42.5 Å². The number of halogens is 4. The lowest BCUT2D eigenvalue weighted by atomic mass is 10.2. The second kappa shape index (κ2) is 7.29. The Morgan fingerprint density at radius 1 is 1.14 bits per heavy atom. The van der Waals surface area contributed by atoms with Gasteiger partial charge in [-0.25, -0.2) is 14.1 Å². The summed E-state index contributed by atoms with van der Waals surface area (Å²) in [5.41, 5.74) is -0.157. The standard InChI is InChI=1S/C18H14F4N4O2/c1-10-7-13(17(27)23-12-5-3-11(19)4-6-12)24-15(8-10)28-16-9-14(18(20,21)22)25-26(16)2/h3-9H,1-2H3,(H,23,27). The van der Waals surface area contributed by atoms with Crippen LogP contribution in [0, 0.1) is 12.7 Å². The molecule has 3 rings (SSSR count). The number of ether oxygens (including phenoxy) is 1. The summed E-state index contributed by atoms with van der Waals surface area (Å²) in [4.78, 5) is 16.4. The van der Waals surface area contributed by atoms with Crippen LogP contribution < -0.4 is 10.1 Å². The zero-order valence-corrected chi connectivity index (χ0v) is 14.7. The van der Waals surface area contributed by atoms with Crippen molar-refractivity contribution in [1.29, 1.82) is 0 Å². The average Bonchev–Trinajstić information content (AvgIpc) is 2.97. The number of nitrogens with zero attached hydrogens (tertiary/aromatic N) is 3. The molecule has 1 aromatic carbocycles. The highest BCUT2D eigenvalue weighted by atomic mass is 19.4. The van der Waals surface area contributed by atoms with Crippen molar-refractivity contribution in [3.63, 3.8) is 0 Å². The number of carbonyl (C=O) groups is 1. The van der Waals surface area contributed by atoms with Gasteiger partial charge in [0.05, 0.1) is 0 Å². The topological polar surface area (TPSA) is 69.0 Å². The minimum absolute atomic E-state index is 0.0162. The predicted octanol–water partition coefficient (Wildman–Crippen LogP) is 4.33. The van der Waals surface area contributed by atoms with E-state index in [0.717, 1.165) is 10.7 Å². The van der Waals surface area contributed by atoms with Gasteiger partial charge in [0.1, 0.15) is 11.5 Å². The first kappa shape index (κ1) is 19.3. The first-order valence-corrected chi connectivity index (χ1v) is 7.96. The number of aromatic nitrogens is 3. The van der Waals surface area contributed by atoms with Crippen molar-refractivity contribution in [3.05, 3.63) is 65.2 Å². The molecule has 0 radical (unpaired) electrons. The summed E-state index contributed by atoms with van der Waals surface area (Å²) in [5.74, 6) is -1.28. The van der Waals surface area contributed by atoms with E-state index in [1.165, 1.54) is 43.4 Å². The quantitative estimate of drug-likeness (QED) is 0.669. The largest absolute Gasteiger partial charge is 0.435 e. The molecular formula is C18H14F4N4O2. The van der Waals surface area contributed by atoms with Gasteiger partial charge < -0.3 is 10.1 Å². The van der Waals surface area contributed by atoms with Gasteiger partial charge >= 0.3 is 6.18 Å². The van der Waals surface area contributed by atoms with E-state index in [4.69, 9.17) is 4.74 Å². The maximum absolute atomic E-state index is 12.9. The van der Waals surface area contributed by atoms with Crippen molar-refractivity contribution in [2.75, 3.05) is 5.32 Å². The summed E-state index contributed by atoms with van der Waals surface area (Å²) in [6.07, 6.45) is -4.61. The van der Waals surface area contributed by atoms with Gasteiger partial charge in [-0.1, -0.05) is 0 Å². The second-order valence-electron chi connectivity index (χ2n) is 5.92. The number of nitrogens with one attached hydrogen (secondary N) is 1. The van der Waals surface area contributed by atoms with Crippen LogP contribution in [0.25, 0.3) is 0 Å². The van der Waals surface area contributed by atoms with Crippen molar-refractivity contribution < 1.29 is 27.1 Å². The molecule has 0 atom stereocenters. The Bertz CT molecular complexity index is 1010. The lowest BCUT2D eigenvalue weighted by molar-refractivity contribution is -0.141. The van der Waals surface area contributed by atoms with Crippen LogP contribution >= 0.6 is 0 Å². The van der Waals surface area contributed by atoms with Crippen LogP contribution in [0.2, 0.25) is 0 Å². The van der Waals surface area contributed by atoms with E-state index in [9.17, 15) is 22.4 Å². The van der Waals surface area contributed by atoms with Crippen molar-refractivity contribution in [3.8, 4) is 11.8 Å². The van der Waals surface area contributed by atoms with E-state index in [0.29, 0.717) is 11.3 Å². The number of alkyl halides is 3. The fourth-order valence-corrected chi connectivity index (χ4v) is 2.32. The highest BCUT2D eigenvalue weighted by molar-refractivity contribution is 6.03. The zero-order valence-electron chi connectivity index (χ0n) is 14.7. The lowest BCUT2D eigenvalue weighted by Gasteiger charge is -2.09. The number of benzene rings is 1. The monoisotopic (exact) mass is 394 g/mol. The van der Waals surface area contributed by atoms with Gasteiger partial charge in [-0.15, -0.1) is 0 Å². The molecule has 0 aliphatic heterocycles. The number of amides is 1. The van der Waals surface area contributed by atoms with Crippen LogP contribution in [0.4, 0.5) is 23.2 Å². The maximum atomic E-state index is 12.9. The second-order valence-corrected chi connectivity index (χ2v) is 5.92. The molecule has 1 amide bonds. The normalized spacial score (nSPS) is 11.4. The van der Waals surface area contributed by atoms with Crippen molar-refractivity contribution in [1.82, 2.24) is 14.8 Å². The molecule has 2 aromatic heterocycles. The molecule has 3 aromatic rings. The number of pyridine rings is 1. The molecule has 6 nitrogen and oxygen atoms in total. The van der Waals surface area contributed by atoms with E-state index < -0.39 is 23.6 Å². The van der Waals surface area contributed by atoms with Crippen molar-refractivity contribution in [2.45, 2.75) is 13.1 Å². The minimum Gasteiger partial charge on any atom is -0.421 e. The summed E-state index contributed by atoms with van der Waals surface area (Å²) in [7, 11) is 1.29. The summed E-state index contributed by atoms with van der Waals surface area (Å²) in [6, 6.07) is 8.83. The van der Waals surface area contributed by atoms with Gasteiger partial charge in [-0.05, 0) is 42.8 Å². The fourth-order valence-electron chi connectivity index (χ4n) is 2.32. The summed E-state index contributed by atoms with van der Waals surface area (Å²) in [5, 5.41) is 5.90. The smallest absolute Gasteiger partial charge is 0.421 e. The van der Waals surface area contributed by atoms with E-state index in [1.807, 2.05) is 0 Å². The molecule has 28 heavy (non-hydrogen) atoms. The molecule has 0 aliphatic carbocycles. The number of carbonyl (C=O) groups excluding carboxylic acids is 1. The first-order valence-electron chi connectivity index (χ1n) is 7.96. The third-order valence-electron chi connectivity index (χ3n) is 3.62.